The Labute approximate surface area is 104 Å². The minimum Gasteiger partial charge on any atom is -0.396 e. The molecular formula is C12H14FN3O2. The number of nitrogen functional groups attached to an aromatic ring is 1. The molecule has 0 radical (unpaired) electrons. The van der Waals surface area contributed by atoms with Crippen molar-refractivity contribution >= 4 is 17.6 Å². The maximum Gasteiger partial charge on any atom is 0.325 e. The first-order chi connectivity index (χ1) is 8.33. The lowest BCUT2D eigenvalue weighted by atomic mass is 10.1. The van der Waals surface area contributed by atoms with Gasteiger partial charge in [-0.1, -0.05) is 12.1 Å². The number of nitrogens with one attached hydrogen (secondary N) is 1. The van der Waals surface area contributed by atoms with E-state index >= 15 is 0 Å². The molecule has 0 aromatic heterocycles. The Morgan fingerprint density at radius 3 is 2.61 bits per heavy atom. The molecule has 1 aromatic carbocycles. The summed E-state index contributed by atoms with van der Waals surface area (Å²) in [5.41, 5.74) is 4.71. The Morgan fingerprint density at radius 2 is 2.06 bits per heavy atom. The molecule has 1 aliphatic rings. The van der Waals surface area contributed by atoms with Crippen LogP contribution in [0.3, 0.4) is 0 Å². The summed E-state index contributed by atoms with van der Waals surface area (Å²) in [5.74, 6) is -0.975. The van der Waals surface area contributed by atoms with Crippen molar-refractivity contribution in [1.29, 1.82) is 0 Å². The van der Waals surface area contributed by atoms with Crippen LogP contribution in [0.1, 0.15) is 19.4 Å². The first-order valence-corrected chi connectivity index (χ1v) is 5.50. The number of urea groups is 1. The third kappa shape index (κ3) is 1.90. The number of anilines is 1. The van der Waals surface area contributed by atoms with Crippen LogP contribution in [0.25, 0.3) is 0 Å². The van der Waals surface area contributed by atoms with E-state index in [-0.39, 0.29) is 23.7 Å². The van der Waals surface area contributed by atoms with Gasteiger partial charge in [0, 0.05) is 5.56 Å². The van der Waals surface area contributed by atoms with Crippen molar-refractivity contribution in [2.75, 3.05) is 5.73 Å². The maximum absolute atomic E-state index is 13.7. The largest absolute Gasteiger partial charge is 0.396 e. The number of hydrogen-bond acceptors (Lipinski definition) is 3. The Morgan fingerprint density at radius 1 is 1.39 bits per heavy atom. The molecule has 1 saturated heterocycles. The highest BCUT2D eigenvalue weighted by atomic mass is 19.1. The van der Waals surface area contributed by atoms with Crippen LogP contribution >= 0.6 is 0 Å². The average molecular weight is 251 g/mol. The number of benzene rings is 1. The van der Waals surface area contributed by atoms with Crippen LogP contribution < -0.4 is 11.1 Å². The van der Waals surface area contributed by atoms with E-state index in [2.05, 4.69) is 5.32 Å². The second-order valence-corrected chi connectivity index (χ2v) is 4.77. The van der Waals surface area contributed by atoms with Gasteiger partial charge in [0.1, 0.15) is 5.54 Å². The summed E-state index contributed by atoms with van der Waals surface area (Å²) in [7, 11) is 0. The van der Waals surface area contributed by atoms with Crippen molar-refractivity contribution in [3.05, 3.63) is 29.6 Å². The van der Waals surface area contributed by atoms with Crippen molar-refractivity contribution in [2.24, 2.45) is 0 Å². The van der Waals surface area contributed by atoms with E-state index in [1.807, 2.05) is 0 Å². The van der Waals surface area contributed by atoms with Gasteiger partial charge in [-0.2, -0.15) is 0 Å². The quantitative estimate of drug-likeness (QED) is 0.613. The molecule has 1 heterocycles. The van der Waals surface area contributed by atoms with Crippen molar-refractivity contribution in [2.45, 2.75) is 25.9 Å². The monoisotopic (exact) mass is 251 g/mol. The Kier molecular flexibility index (Phi) is 2.73. The molecule has 0 aliphatic carbocycles. The van der Waals surface area contributed by atoms with Crippen LogP contribution in [-0.4, -0.2) is 22.4 Å². The molecule has 0 unspecified atom stereocenters. The fourth-order valence-electron chi connectivity index (χ4n) is 1.85. The zero-order chi connectivity index (χ0) is 13.5. The molecular weight excluding hydrogens is 237 g/mol. The molecule has 1 aromatic rings. The molecule has 3 N–H and O–H groups in total. The van der Waals surface area contributed by atoms with Crippen molar-refractivity contribution in [1.82, 2.24) is 10.2 Å². The summed E-state index contributed by atoms with van der Waals surface area (Å²) >= 11 is 0. The van der Waals surface area contributed by atoms with Gasteiger partial charge in [0.2, 0.25) is 0 Å². The Balaban J connectivity index is 2.27. The van der Waals surface area contributed by atoms with Gasteiger partial charge in [0.15, 0.2) is 5.82 Å². The highest BCUT2D eigenvalue weighted by Crippen LogP contribution is 2.22. The number of nitrogens with two attached hydrogens (primary N) is 1. The van der Waals surface area contributed by atoms with Crippen molar-refractivity contribution < 1.29 is 14.0 Å². The smallest absolute Gasteiger partial charge is 0.325 e. The van der Waals surface area contributed by atoms with E-state index in [9.17, 15) is 14.0 Å². The van der Waals surface area contributed by atoms with E-state index in [1.165, 1.54) is 12.1 Å². The number of rotatable bonds is 2. The maximum atomic E-state index is 13.7. The second-order valence-electron chi connectivity index (χ2n) is 4.77. The van der Waals surface area contributed by atoms with Gasteiger partial charge < -0.3 is 11.1 Å². The van der Waals surface area contributed by atoms with E-state index in [0.29, 0.717) is 0 Å². The number of carbonyl (C=O) groups excluding carboxylic acids is 2. The van der Waals surface area contributed by atoms with Gasteiger partial charge in [0.25, 0.3) is 5.91 Å². The summed E-state index contributed by atoms with van der Waals surface area (Å²) in [6.45, 7) is 3.08. The van der Waals surface area contributed by atoms with E-state index in [1.54, 1.807) is 19.9 Å². The van der Waals surface area contributed by atoms with Gasteiger partial charge in [-0.15, -0.1) is 0 Å². The first-order valence-electron chi connectivity index (χ1n) is 5.50. The normalized spacial score (nSPS) is 18.1. The molecule has 1 fully saturated rings. The van der Waals surface area contributed by atoms with Crippen LogP contribution in [0.15, 0.2) is 18.2 Å². The molecule has 96 valence electrons. The van der Waals surface area contributed by atoms with E-state index in [0.717, 1.165) is 4.90 Å². The molecule has 0 saturated carbocycles. The zero-order valence-corrected chi connectivity index (χ0v) is 10.2. The topological polar surface area (TPSA) is 75.4 Å². The molecule has 0 bridgehead atoms. The lowest BCUT2D eigenvalue weighted by Gasteiger charge is -2.16. The Hall–Kier alpha value is -2.11. The lowest BCUT2D eigenvalue weighted by molar-refractivity contribution is -0.130. The van der Waals surface area contributed by atoms with Crippen molar-refractivity contribution in [3.8, 4) is 0 Å². The fraction of sp³-hybridized carbons (Fsp3) is 0.333. The standard InChI is InChI=1S/C12H14FN3O2/c1-12(2)10(17)16(11(18)15-12)6-7-4-3-5-8(14)9(7)13/h3-5H,6,14H2,1-2H3,(H,15,18). The SMILES string of the molecule is CC1(C)NC(=O)N(Cc2cccc(N)c2F)C1=O. The molecule has 3 amide bonds. The van der Waals surface area contributed by atoms with E-state index in [4.69, 9.17) is 5.73 Å². The number of nitrogens with zero attached hydrogens (tertiary/aromatic N) is 1. The minimum absolute atomic E-state index is 0.00110. The van der Waals surface area contributed by atoms with Crippen LogP contribution in [0.5, 0.6) is 0 Å². The first kappa shape index (κ1) is 12.3. The fourth-order valence-corrected chi connectivity index (χ4v) is 1.85. The molecule has 0 atom stereocenters. The predicted molar refractivity (Wildman–Crippen MR) is 64.0 cm³/mol. The van der Waals surface area contributed by atoms with Crippen LogP contribution in [0, 0.1) is 5.82 Å². The summed E-state index contributed by atoms with van der Waals surface area (Å²) in [5, 5.41) is 2.53. The Bertz CT molecular complexity index is 528. The van der Waals surface area contributed by atoms with Gasteiger partial charge in [-0.05, 0) is 19.9 Å². The summed E-state index contributed by atoms with van der Waals surface area (Å²) in [6, 6.07) is 3.98. The number of halogens is 1. The number of imide groups is 1. The molecule has 1 aliphatic heterocycles. The summed E-state index contributed by atoms with van der Waals surface area (Å²) in [6.07, 6.45) is 0. The second kappa shape index (κ2) is 3.97. The highest BCUT2D eigenvalue weighted by Gasteiger charge is 2.44. The van der Waals surface area contributed by atoms with Crippen LogP contribution in [0.4, 0.5) is 14.9 Å². The van der Waals surface area contributed by atoms with E-state index < -0.39 is 17.4 Å². The van der Waals surface area contributed by atoms with Gasteiger partial charge in [-0.3, -0.25) is 9.69 Å². The molecule has 2 rings (SSSR count). The average Bonchev–Trinajstić information content (AvgIpc) is 2.47. The molecule has 0 spiro atoms. The van der Waals surface area contributed by atoms with Gasteiger partial charge in [0.05, 0.1) is 12.2 Å². The molecule has 5 nitrogen and oxygen atoms in total. The van der Waals surface area contributed by atoms with Gasteiger partial charge in [-0.25, -0.2) is 9.18 Å². The third-order valence-electron chi connectivity index (χ3n) is 2.88. The number of carbonyl (C=O) groups is 2. The molecule has 18 heavy (non-hydrogen) atoms. The van der Waals surface area contributed by atoms with Gasteiger partial charge >= 0.3 is 6.03 Å². The highest BCUT2D eigenvalue weighted by molar-refractivity contribution is 6.06. The minimum atomic E-state index is -0.951. The predicted octanol–water partition coefficient (Wildman–Crippen LogP) is 1.24. The van der Waals surface area contributed by atoms with Crippen LogP contribution in [-0.2, 0) is 11.3 Å². The van der Waals surface area contributed by atoms with Crippen molar-refractivity contribution in [3.63, 3.8) is 0 Å². The number of amides is 3. The lowest BCUT2D eigenvalue weighted by Crippen LogP contribution is -2.40. The third-order valence-corrected chi connectivity index (χ3v) is 2.88. The zero-order valence-electron chi connectivity index (χ0n) is 10.2. The summed E-state index contributed by atoms with van der Waals surface area (Å²) in [4.78, 5) is 24.6. The number of hydrogen-bond donors (Lipinski definition) is 2. The molecule has 6 heteroatoms. The van der Waals surface area contributed by atoms with Crippen LogP contribution in [0.2, 0.25) is 0 Å². The summed E-state index contributed by atoms with van der Waals surface area (Å²) < 4.78 is 13.7.